The average Bonchev–Trinajstić information content (AvgIpc) is 3.15. The van der Waals surface area contributed by atoms with Crippen LogP contribution in [-0.2, 0) is 9.53 Å². The van der Waals surface area contributed by atoms with Crippen molar-refractivity contribution < 1.29 is 14.3 Å². The molecule has 1 saturated carbocycles. The lowest BCUT2D eigenvalue weighted by Crippen LogP contribution is -2.50. The van der Waals surface area contributed by atoms with E-state index < -0.39 is 0 Å². The minimum atomic E-state index is -0.185. The lowest BCUT2D eigenvalue weighted by Gasteiger charge is -2.35. The maximum absolute atomic E-state index is 12.8. The lowest BCUT2D eigenvalue weighted by molar-refractivity contribution is -0.127. The highest BCUT2D eigenvalue weighted by Crippen LogP contribution is 2.27. The second-order valence-electron chi connectivity index (χ2n) is 7.74. The fourth-order valence-electron chi connectivity index (χ4n) is 3.80. The summed E-state index contributed by atoms with van der Waals surface area (Å²) in [5.74, 6) is -0.189. The quantitative estimate of drug-likeness (QED) is 0.677. The Bertz CT molecular complexity index is 817. The van der Waals surface area contributed by atoms with Gasteiger partial charge in [0.25, 0.3) is 5.91 Å². The number of hydrogen-bond acceptors (Lipinski definition) is 4. The molecule has 152 valence electrons. The molecule has 0 radical (unpaired) electrons. The first-order valence-electron chi connectivity index (χ1n) is 9.81. The van der Waals surface area contributed by atoms with E-state index in [1.807, 2.05) is 49.5 Å². The van der Waals surface area contributed by atoms with Gasteiger partial charge in [0, 0.05) is 43.4 Å². The highest BCUT2D eigenvalue weighted by molar-refractivity contribution is 5.98. The van der Waals surface area contributed by atoms with Gasteiger partial charge in [0.15, 0.2) is 0 Å². The van der Waals surface area contributed by atoms with Crippen LogP contribution >= 0.6 is 0 Å². The van der Waals surface area contributed by atoms with Gasteiger partial charge in [0.05, 0.1) is 12.1 Å². The summed E-state index contributed by atoms with van der Waals surface area (Å²) in [4.78, 5) is 30.4. The Morgan fingerprint density at radius 2 is 2.07 bits per heavy atom. The van der Waals surface area contributed by atoms with Crippen molar-refractivity contribution >= 4 is 22.7 Å². The third-order valence-corrected chi connectivity index (χ3v) is 5.45. The monoisotopic (exact) mass is 386 g/mol. The van der Waals surface area contributed by atoms with Crippen molar-refractivity contribution in [1.29, 1.82) is 0 Å². The number of hydrogen-bond donors (Lipinski definition) is 3. The van der Waals surface area contributed by atoms with E-state index in [0.29, 0.717) is 18.5 Å². The number of likely N-dealkylation sites (N-methyl/N-ethyl adjacent to an activating group) is 1. The Morgan fingerprint density at radius 3 is 2.82 bits per heavy atom. The molecule has 1 aromatic heterocycles. The Balaban J connectivity index is 1.62. The molecule has 2 amide bonds. The van der Waals surface area contributed by atoms with Crippen LogP contribution in [0.25, 0.3) is 10.9 Å². The van der Waals surface area contributed by atoms with Crippen LogP contribution < -0.4 is 10.6 Å². The zero-order valence-electron chi connectivity index (χ0n) is 16.8. The van der Waals surface area contributed by atoms with Crippen LogP contribution in [0.1, 0.15) is 29.6 Å². The second-order valence-corrected chi connectivity index (χ2v) is 7.74. The van der Waals surface area contributed by atoms with Gasteiger partial charge in [-0.15, -0.1) is 0 Å². The van der Waals surface area contributed by atoms with E-state index in [9.17, 15) is 9.59 Å². The summed E-state index contributed by atoms with van der Waals surface area (Å²) in [7, 11) is 5.62. The Labute approximate surface area is 165 Å². The Morgan fingerprint density at radius 1 is 1.25 bits per heavy atom. The van der Waals surface area contributed by atoms with E-state index in [0.717, 1.165) is 30.3 Å². The number of methoxy groups -OCH3 is 1. The molecule has 3 N–H and O–H groups in total. The molecular weight excluding hydrogens is 356 g/mol. The third-order valence-electron chi connectivity index (χ3n) is 5.45. The number of amides is 2. The average molecular weight is 386 g/mol. The minimum absolute atomic E-state index is 0.0588. The predicted molar refractivity (Wildman–Crippen MR) is 109 cm³/mol. The molecular formula is C21H30N4O3. The third kappa shape index (κ3) is 4.91. The number of ether oxygens (including phenoxy) is 1. The van der Waals surface area contributed by atoms with Gasteiger partial charge in [0.2, 0.25) is 5.91 Å². The van der Waals surface area contributed by atoms with Crippen molar-refractivity contribution in [3.63, 3.8) is 0 Å². The first-order valence-corrected chi connectivity index (χ1v) is 9.81. The molecule has 1 aromatic carbocycles. The maximum atomic E-state index is 12.8. The van der Waals surface area contributed by atoms with E-state index in [-0.39, 0.29) is 29.9 Å². The first kappa shape index (κ1) is 20.4. The molecule has 3 atom stereocenters. The standard InChI is InChI=1S/C21H30N4O3/c1-25(2)11-10-23-20(26)15-6-7-19(28-3)18(13-15)24-21(27)16-5-4-14-8-9-22-17(14)12-16/h4-5,8-9,12,15,18-19,22H,6-7,10-11,13H2,1-3H3,(H,23,26)(H,24,27)/t15-,18+,19+/m0/s1. The molecule has 1 aliphatic rings. The number of aromatic nitrogens is 1. The molecule has 28 heavy (non-hydrogen) atoms. The van der Waals surface area contributed by atoms with E-state index in [1.54, 1.807) is 7.11 Å². The van der Waals surface area contributed by atoms with E-state index >= 15 is 0 Å². The van der Waals surface area contributed by atoms with Crippen molar-refractivity contribution in [2.75, 3.05) is 34.3 Å². The fourth-order valence-corrected chi connectivity index (χ4v) is 3.80. The van der Waals surface area contributed by atoms with Crippen molar-refractivity contribution in [3.8, 4) is 0 Å². The van der Waals surface area contributed by atoms with E-state index in [1.165, 1.54) is 0 Å². The van der Waals surface area contributed by atoms with E-state index in [2.05, 4.69) is 15.6 Å². The first-order chi connectivity index (χ1) is 13.5. The molecule has 0 spiro atoms. The van der Waals surface area contributed by atoms with Crippen molar-refractivity contribution in [3.05, 3.63) is 36.0 Å². The molecule has 0 bridgehead atoms. The molecule has 3 rings (SSSR count). The van der Waals surface area contributed by atoms with Crippen LogP contribution in [0, 0.1) is 5.92 Å². The highest BCUT2D eigenvalue weighted by atomic mass is 16.5. The number of aromatic amines is 1. The summed E-state index contributed by atoms with van der Waals surface area (Å²) in [5.41, 5.74) is 1.53. The molecule has 1 heterocycles. The molecule has 7 heteroatoms. The van der Waals surface area contributed by atoms with Crippen molar-refractivity contribution in [1.82, 2.24) is 20.5 Å². The SMILES string of the molecule is CO[C@@H]1CC[C@H](C(=O)NCCN(C)C)C[C@H]1NC(=O)c1ccc2cc[nH]c2c1. The van der Waals surface area contributed by atoms with Crippen LogP contribution in [0.2, 0.25) is 0 Å². The zero-order valence-corrected chi connectivity index (χ0v) is 16.8. The van der Waals surface area contributed by atoms with Gasteiger partial charge in [-0.3, -0.25) is 9.59 Å². The number of nitrogens with zero attached hydrogens (tertiary/aromatic N) is 1. The smallest absolute Gasteiger partial charge is 0.251 e. The molecule has 0 saturated heterocycles. The summed E-state index contributed by atoms with van der Waals surface area (Å²) in [6, 6.07) is 7.38. The lowest BCUT2D eigenvalue weighted by atomic mass is 9.83. The largest absolute Gasteiger partial charge is 0.379 e. The number of carbonyl (C=O) groups is 2. The summed E-state index contributed by atoms with van der Waals surface area (Å²) in [6.07, 6.45) is 3.89. The molecule has 2 aromatic rings. The number of benzene rings is 1. The molecule has 1 aliphatic carbocycles. The normalized spacial score (nSPS) is 22.4. The second kappa shape index (κ2) is 9.21. The molecule has 7 nitrogen and oxygen atoms in total. The van der Waals surface area contributed by atoms with Gasteiger partial charge in [-0.05, 0) is 56.9 Å². The van der Waals surface area contributed by atoms with Crippen molar-refractivity contribution in [2.24, 2.45) is 5.92 Å². The van der Waals surface area contributed by atoms with Gasteiger partial charge in [0.1, 0.15) is 0 Å². The zero-order chi connectivity index (χ0) is 20.1. The summed E-state index contributed by atoms with van der Waals surface area (Å²) < 4.78 is 5.58. The number of rotatable bonds is 7. The molecule has 0 unspecified atom stereocenters. The molecule has 0 aliphatic heterocycles. The van der Waals surface area contributed by atoms with Gasteiger partial charge in [-0.1, -0.05) is 6.07 Å². The summed E-state index contributed by atoms with van der Waals surface area (Å²) >= 11 is 0. The number of nitrogens with one attached hydrogen (secondary N) is 3. The van der Waals surface area contributed by atoms with Crippen molar-refractivity contribution in [2.45, 2.75) is 31.4 Å². The van der Waals surface area contributed by atoms with Gasteiger partial charge in [-0.2, -0.15) is 0 Å². The van der Waals surface area contributed by atoms with Crippen LogP contribution in [0.15, 0.2) is 30.5 Å². The number of H-pyrrole nitrogens is 1. The van der Waals surface area contributed by atoms with Gasteiger partial charge in [-0.25, -0.2) is 0 Å². The topological polar surface area (TPSA) is 86.5 Å². The maximum Gasteiger partial charge on any atom is 0.251 e. The Kier molecular flexibility index (Phi) is 6.70. The van der Waals surface area contributed by atoms with Gasteiger partial charge < -0.3 is 25.3 Å². The van der Waals surface area contributed by atoms with Crippen LogP contribution in [0.5, 0.6) is 0 Å². The summed E-state index contributed by atoms with van der Waals surface area (Å²) in [6.45, 7) is 1.43. The number of fused-ring (bicyclic) bond motifs is 1. The van der Waals surface area contributed by atoms with Crippen LogP contribution in [0.3, 0.4) is 0 Å². The van der Waals surface area contributed by atoms with Crippen LogP contribution in [0.4, 0.5) is 0 Å². The summed E-state index contributed by atoms with van der Waals surface area (Å²) in [5, 5.41) is 7.16. The van der Waals surface area contributed by atoms with E-state index in [4.69, 9.17) is 4.74 Å². The fraction of sp³-hybridized carbons (Fsp3) is 0.524. The Hall–Kier alpha value is -2.38. The predicted octanol–water partition coefficient (Wildman–Crippen LogP) is 1.76. The van der Waals surface area contributed by atoms with Crippen LogP contribution in [-0.4, -0.2) is 68.1 Å². The van der Waals surface area contributed by atoms with Gasteiger partial charge >= 0.3 is 0 Å². The molecule has 1 fully saturated rings. The number of carbonyl (C=O) groups excluding carboxylic acids is 2. The highest BCUT2D eigenvalue weighted by Gasteiger charge is 2.35. The minimum Gasteiger partial charge on any atom is -0.379 e.